The van der Waals surface area contributed by atoms with E-state index in [2.05, 4.69) is 6.07 Å². The Labute approximate surface area is 120 Å². The largest absolute Gasteiger partial charge is 0.508 e. The molecule has 3 nitrogen and oxygen atoms in total. The van der Waals surface area contributed by atoms with Crippen LogP contribution in [-0.2, 0) is 12.8 Å². The summed E-state index contributed by atoms with van der Waals surface area (Å²) in [5.74, 6) is 1.68. The van der Waals surface area contributed by atoms with Gasteiger partial charge in [-0.15, -0.1) is 0 Å². The number of phenolic OH excluding ortho intramolecular Hbond substituents is 1. The molecule has 3 rings (SSSR count). The lowest BCUT2D eigenvalue weighted by Crippen LogP contribution is -2.27. The van der Waals surface area contributed by atoms with Crippen molar-refractivity contribution in [3.8, 4) is 5.75 Å². The van der Waals surface area contributed by atoms with Crippen LogP contribution in [0.25, 0.3) is 0 Å². The van der Waals surface area contributed by atoms with E-state index in [9.17, 15) is 15.3 Å². The summed E-state index contributed by atoms with van der Waals surface area (Å²) in [5.41, 5.74) is 2.32. The lowest BCUT2D eigenvalue weighted by atomic mass is 9.73. The van der Waals surface area contributed by atoms with Crippen molar-refractivity contribution in [2.75, 3.05) is 0 Å². The Balaban J connectivity index is 1.79. The highest BCUT2D eigenvalue weighted by Crippen LogP contribution is 2.48. The van der Waals surface area contributed by atoms with Gasteiger partial charge in [0.05, 0.1) is 12.2 Å². The summed E-state index contributed by atoms with van der Waals surface area (Å²) in [6, 6.07) is 5.77. The van der Waals surface area contributed by atoms with Gasteiger partial charge >= 0.3 is 0 Å². The molecule has 2 unspecified atom stereocenters. The highest BCUT2D eigenvalue weighted by atomic mass is 16.3. The number of aliphatic hydroxyl groups excluding tert-OH is 2. The van der Waals surface area contributed by atoms with E-state index >= 15 is 0 Å². The molecule has 1 aromatic rings. The van der Waals surface area contributed by atoms with Crippen LogP contribution in [0.4, 0.5) is 0 Å². The Bertz CT molecular complexity index is 483. The zero-order valence-electron chi connectivity index (χ0n) is 12.0. The van der Waals surface area contributed by atoms with Crippen molar-refractivity contribution in [1.29, 1.82) is 0 Å². The van der Waals surface area contributed by atoms with E-state index in [0.717, 1.165) is 37.7 Å². The van der Waals surface area contributed by atoms with Crippen molar-refractivity contribution >= 4 is 0 Å². The molecular weight excluding hydrogens is 252 g/mol. The molecule has 110 valence electrons. The zero-order valence-corrected chi connectivity index (χ0v) is 12.0. The molecule has 5 atom stereocenters. The van der Waals surface area contributed by atoms with Crippen molar-refractivity contribution < 1.29 is 15.3 Å². The molecule has 2 aliphatic rings. The maximum absolute atomic E-state index is 10.3. The zero-order chi connectivity index (χ0) is 14.3. The van der Waals surface area contributed by atoms with Gasteiger partial charge in [0.1, 0.15) is 5.75 Å². The molecule has 0 radical (unpaired) electrons. The van der Waals surface area contributed by atoms with E-state index in [1.807, 2.05) is 13.0 Å². The number of rotatable bonds is 3. The van der Waals surface area contributed by atoms with Crippen LogP contribution in [0.15, 0.2) is 18.2 Å². The summed E-state index contributed by atoms with van der Waals surface area (Å²) in [7, 11) is 0. The summed E-state index contributed by atoms with van der Waals surface area (Å²) in [5, 5.41) is 29.8. The molecule has 1 fully saturated rings. The lowest BCUT2D eigenvalue weighted by molar-refractivity contribution is 0.0943. The summed E-state index contributed by atoms with van der Waals surface area (Å²) < 4.78 is 0. The van der Waals surface area contributed by atoms with Gasteiger partial charge in [-0.1, -0.05) is 12.1 Å². The number of fused-ring (bicyclic) bond motifs is 2. The van der Waals surface area contributed by atoms with E-state index in [1.54, 1.807) is 6.07 Å². The minimum absolute atomic E-state index is 0.250. The topological polar surface area (TPSA) is 60.7 Å². The molecule has 0 spiro atoms. The first-order chi connectivity index (χ1) is 9.56. The second-order valence-electron chi connectivity index (χ2n) is 6.64. The molecule has 3 heteroatoms. The number of hydrogen-bond acceptors (Lipinski definition) is 3. The number of aliphatic hydroxyl groups is 2. The fraction of sp³-hybridized carbons (Fsp3) is 0.647. The first kappa shape index (κ1) is 13.9. The molecule has 1 saturated carbocycles. The van der Waals surface area contributed by atoms with Crippen LogP contribution in [0, 0.1) is 17.8 Å². The van der Waals surface area contributed by atoms with E-state index in [0.29, 0.717) is 23.5 Å². The highest BCUT2D eigenvalue weighted by molar-refractivity contribution is 5.42. The van der Waals surface area contributed by atoms with E-state index in [4.69, 9.17) is 0 Å². The fourth-order valence-corrected chi connectivity index (χ4v) is 4.25. The smallest absolute Gasteiger partial charge is 0.119 e. The predicted molar refractivity (Wildman–Crippen MR) is 77.5 cm³/mol. The van der Waals surface area contributed by atoms with E-state index < -0.39 is 0 Å². The molecule has 0 amide bonds. The Hall–Kier alpha value is -1.06. The Kier molecular flexibility index (Phi) is 3.74. The normalized spacial score (nSPS) is 33.5. The molecule has 2 aliphatic carbocycles. The van der Waals surface area contributed by atoms with Gasteiger partial charge in [0.15, 0.2) is 0 Å². The summed E-state index contributed by atoms with van der Waals surface area (Å²) in [4.78, 5) is 0. The van der Waals surface area contributed by atoms with Gasteiger partial charge in [-0.3, -0.25) is 0 Å². The van der Waals surface area contributed by atoms with Gasteiger partial charge in [-0.25, -0.2) is 0 Å². The Morgan fingerprint density at radius 2 is 2.10 bits per heavy atom. The van der Waals surface area contributed by atoms with Crippen LogP contribution in [0.1, 0.15) is 37.3 Å². The van der Waals surface area contributed by atoms with Crippen molar-refractivity contribution in [2.45, 2.75) is 51.2 Å². The Morgan fingerprint density at radius 3 is 2.85 bits per heavy atom. The molecule has 3 N–H and O–H groups in total. The molecule has 1 aromatic carbocycles. The molecule has 0 heterocycles. The van der Waals surface area contributed by atoms with Crippen LogP contribution in [0.3, 0.4) is 0 Å². The molecular formula is C17H24O3. The first-order valence-electron chi connectivity index (χ1n) is 7.72. The van der Waals surface area contributed by atoms with Crippen LogP contribution >= 0.6 is 0 Å². The minimum atomic E-state index is -0.291. The number of benzene rings is 1. The first-order valence-corrected chi connectivity index (χ1v) is 7.72. The van der Waals surface area contributed by atoms with Crippen LogP contribution in [-0.4, -0.2) is 27.5 Å². The second kappa shape index (κ2) is 5.38. The van der Waals surface area contributed by atoms with Gasteiger partial charge in [0.25, 0.3) is 0 Å². The monoisotopic (exact) mass is 276 g/mol. The van der Waals surface area contributed by atoms with E-state index in [-0.39, 0.29) is 12.2 Å². The number of hydrogen-bond donors (Lipinski definition) is 3. The molecule has 0 aliphatic heterocycles. The molecule has 0 aromatic heterocycles. The highest BCUT2D eigenvalue weighted by Gasteiger charge is 2.44. The maximum Gasteiger partial charge on any atom is 0.119 e. The third-order valence-corrected chi connectivity index (χ3v) is 5.28. The fourth-order valence-electron chi connectivity index (χ4n) is 4.25. The van der Waals surface area contributed by atoms with Gasteiger partial charge in [-0.05, 0) is 74.0 Å². The van der Waals surface area contributed by atoms with E-state index in [1.165, 1.54) is 5.56 Å². The molecule has 20 heavy (non-hydrogen) atoms. The minimum Gasteiger partial charge on any atom is -0.508 e. The number of phenols is 1. The van der Waals surface area contributed by atoms with Gasteiger partial charge in [-0.2, -0.15) is 0 Å². The quantitative estimate of drug-likeness (QED) is 0.793. The average Bonchev–Trinajstić information content (AvgIpc) is 2.69. The Morgan fingerprint density at radius 1 is 1.30 bits per heavy atom. The van der Waals surface area contributed by atoms with Crippen molar-refractivity contribution in [3.05, 3.63) is 29.3 Å². The lowest BCUT2D eigenvalue weighted by Gasteiger charge is -2.31. The summed E-state index contributed by atoms with van der Waals surface area (Å²) >= 11 is 0. The SMILES string of the molecule is C[C@@H](O)CCC1[C@H]2Cc3cccc(O)c3CC2C[C@H]1O. The van der Waals surface area contributed by atoms with Crippen LogP contribution < -0.4 is 0 Å². The standard InChI is InChI=1S/C17H24O3/c1-10(18)5-6-13-14-7-11-3-2-4-16(19)15(11)8-12(14)9-17(13)20/h2-4,10,12-14,17-20H,5-9H2,1H3/t10-,12?,13?,14+,17-/m1/s1. The van der Waals surface area contributed by atoms with Gasteiger partial charge in [0, 0.05) is 0 Å². The van der Waals surface area contributed by atoms with Gasteiger partial charge < -0.3 is 15.3 Å². The average molecular weight is 276 g/mol. The third kappa shape index (κ3) is 2.45. The van der Waals surface area contributed by atoms with Crippen molar-refractivity contribution in [1.82, 2.24) is 0 Å². The summed E-state index contributed by atoms with van der Waals surface area (Å²) in [6.07, 6.45) is 3.79. The second-order valence-corrected chi connectivity index (χ2v) is 6.64. The third-order valence-electron chi connectivity index (χ3n) is 5.28. The van der Waals surface area contributed by atoms with Gasteiger partial charge in [0.2, 0.25) is 0 Å². The molecule has 0 bridgehead atoms. The van der Waals surface area contributed by atoms with Crippen LogP contribution in [0.5, 0.6) is 5.75 Å². The molecule has 0 saturated heterocycles. The van der Waals surface area contributed by atoms with Crippen LogP contribution in [0.2, 0.25) is 0 Å². The summed E-state index contributed by atoms with van der Waals surface area (Å²) in [6.45, 7) is 1.81. The van der Waals surface area contributed by atoms with Crippen molar-refractivity contribution in [2.24, 2.45) is 17.8 Å². The van der Waals surface area contributed by atoms with Crippen molar-refractivity contribution in [3.63, 3.8) is 0 Å². The maximum atomic E-state index is 10.3. The number of aromatic hydroxyl groups is 1. The predicted octanol–water partition coefficient (Wildman–Crippen LogP) is 2.27.